The van der Waals surface area contributed by atoms with Crippen LogP contribution in [0.1, 0.15) is 6.92 Å². The van der Waals surface area contributed by atoms with Gasteiger partial charge in [-0.2, -0.15) is 9.90 Å². The van der Waals surface area contributed by atoms with Gasteiger partial charge in [0.1, 0.15) is 3.70 Å². The highest BCUT2D eigenvalue weighted by Gasteiger charge is 2.16. The summed E-state index contributed by atoms with van der Waals surface area (Å²) in [5.74, 6) is 0.533. The van der Waals surface area contributed by atoms with Gasteiger partial charge in [0.05, 0.1) is 22.8 Å². The summed E-state index contributed by atoms with van der Waals surface area (Å²) in [6, 6.07) is 5.23. The lowest BCUT2D eigenvalue weighted by atomic mass is 10.3. The van der Waals surface area contributed by atoms with E-state index in [2.05, 4.69) is 43.1 Å². The molecule has 0 atom stereocenters. The fourth-order valence-electron chi connectivity index (χ4n) is 1.77. The molecule has 0 spiro atoms. The molecular weight excluding hydrogens is 426 g/mol. The lowest BCUT2D eigenvalue weighted by Gasteiger charge is -2.04. The van der Waals surface area contributed by atoms with Crippen LogP contribution in [0.25, 0.3) is 17.1 Å². The molecule has 6 nitrogen and oxygen atoms in total. The monoisotopic (exact) mass is 434 g/mol. The number of hydrogen-bond acceptors (Lipinski definition) is 4. The molecule has 0 amide bonds. The van der Waals surface area contributed by atoms with Crippen LogP contribution in [-0.4, -0.2) is 30.0 Å². The Hall–Kier alpha value is -1.19. The summed E-state index contributed by atoms with van der Waals surface area (Å²) < 4.78 is 2.43. The molecule has 0 aliphatic carbocycles. The molecule has 0 aliphatic rings. The van der Waals surface area contributed by atoms with Crippen LogP contribution >= 0.6 is 45.8 Å². The fourth-order valence-corrected chi connectivity index (χ4v) is 2.76. The molecular formula is C12H9Cl2IN6. The van der Waals surface area contributed by atoms with Crippen LogP contribution in [0.3, 0.4) is 0 Å². The van der Waals surface area contributed by atoms with Crippen LogP contribution in [0.5, 0.6) is 0 Å². The van der Waals surface area contributed by atoms with Crippen molar-refractivity contribution >= 4 is 45.8 Å². The predicted octanol–water partition coefficient (Wildman–Crippen LogP) is 3.46. The second-order valence-corrected chi connectivity index (χ2v) is 6.04. The average molecular weight is 435 g/mol. The summed E-state index contributed by atoms with van der Waals surface area (Å²) >= 11 is 14.3. The van der Waals surface area contributed by atoms with Crippen LogP contribution in [0.2, 0.25) is 10.0 Å². The van der Waals surface area contributed by atoms with Crippen molar-refractivity contribution in [2.24, 2.45) is 0 Å². The molecule has 0 saturated heterocycles. The van der Waals surface area contributed by atoms with Crippen molar-refractivity contribution in [3.05, 3.63) is 38.1 Å². The maximum Gasteiger partial charge on any atom is 0.209 e. The Kier molecular flexibility index (Phi) is 4.14. The Labute approximate surface area is 144 Å². The van der Waals surface area contributed by atoms with Crippen LogP contribution in [0, 0.1) is 3.70 Å². The van der Waals surface area contributed by atoms with Gasteiger partial charge in [0.25, 0.3) is 0 Å². The van der Waals surface area contributed by atoms with Gasteiger partial charge in [0, 0.05) is 11.2 Å². The minimum atomic E-state index is 0.533. The van der Waals surface area contributed by atoms with E-state index in [9.17, 15) is 0 Å². The lowest BCUT2D eigenvalue weighted by Crippen LogP contribution is -1.98. The maximum absolute atomic E-state index is 6.20. The molecule has 21 heavy (non-hydrogen) atoms. The molecule has 0 fully saturated rings. The second-order valence-electron chi connectivity index (χ2n) is 4.18. The van der Waals surface area contributed by atoms with Gasteiger partial charge >= 0.3 is 0 Å². The zero-order valence-corrected chi connectivity index (χ0v) is 14.5. The van der Waals surface area contributed by atoms with Crippen LogP contribution in [0.15, 0.2) is 24.4 Å². The van der Waals surface area contributed by atoms with Gasteiger partial charge in [0.2, 0.25) is 5.82 Å². The number of aromatic nitrogens is 6. The molecule has 0 aliphatic heterocycles. The number of rotatable bonds is 3. The zero-order valence-electron chi connectivity index (χ0n) is 10.8. The smallest absolute Gasteiger partial charge is 0.209 e. The van der Waals surface area contributed by atoms with E-state index in [4.69, 9.17) is 23.2 Å². The van der Waals surface area contributed by atoms with Gasteiger partial charge in [-0.15, -0.1) is 10.2 Å². The highest BCUT2D eigenvalue weighted by atomic mass is 127. The molecule has 0 saturated carbocycles. The molecule has 2 aromatic heterocycles. The van der Waals surface area contributed by atoms with Crippen LogP contribution in [0.4, 0.5) is 0 Å². The molecule has 108 valence electrons. The quantitative estimate of drug-likeness (QED) is 0.592. The first-order valence-corrected chi connectivity index (χ1v) is 7.90. The van der Waals surface area contributed by atoms with Crippen molar-refractivity contribution in [1.82, 2.24) is 30.0 Å². The van der Waals surface area contributed by atoms with E-state index < -0.39 is 0 Å². The highest BCUT2D eigenvalue weighted by molar-refractivity contribution is 14.1. The third-order valence-electron chi connectivity index (χ3n) is 2.80. The Morgan fingerprint density at radius 1 is 1.24 bits per heavy atom. The molecule has 0 N–H and O–H groups in total. The van der Waals surface area contributed by atoms with E-state index in [1.807, 2.05) is 13.1 Å². The molecule has 3 rings (SSSR count). The van der Waals surface area contributed by atoms with E-state index >= 15 is 0 Å². The summed E-state index contributed by atoms with van der Waals surface area (Å²) in [4.78, 5) is 1.52. The zero-order chi connectivity index (χ0) is 15.0. The van der Waals surface area contributed by atoms with Crippen molar-refractivity contribution in [3.8, 4) is 17.1 Å². The van der Waals surface area contributed by atoms with E-state index in [-0.39, 0.29) is 0 Å². The fraction of sp³-hybridized carbons (Fsp3) is 0.167. The molecule has 9 heteroatoms. The molecule has 0 bridgehead atoms. The van der Waals surface area contributed by atoms with Gasteiger partial charge in [-0.1, -0.05) is 23.2 Å². The number of benzene rings is 1. The van der Waals surface area contributed by atoms with Crippen LogP contribution < -0.4 is 0 Å². The molecule has 3 aromatic rings. The SMILES string of the molecule is CCn1nnc(-c2cn(-c3cc(Cl)ccc3Cl)nc2I)n1. The summed E-state index contributed by atoms with van der Waals surface area (Å²) in [5.41, 5.74) is 1.50. The predicted molar refractivity (Wildman–Crippen MR) is 88.8 cm³/mol. The lowest BCUT2D eigenvalue weighted by molar-refractivity contribution is 0.553. The van der Waals surface area contributed by atoms with E-state index in [0.717, 1.165) is 9.26 Å². The van der Waals surface area contributed by atoms with Gasteiger partial charge in [-0.25, -0.2) is 4.68 Å². The minimum absolute atomic E-state index is 0.533. The number of tetrazole rings is 1. The van der Waals surface area contributed by atoms with E-state index in [0.29, 0.717) is 28.1 Å². The van der Waals surface area contributed by atoms with Crippen molar-refractivity contribution in [1.29, 1.82) is 0 Å². The standard InChI is InChI=1S/C12H9Cl2IN6/c1-2-21-18-12(16-19-21)8-6-20(17-11(8)15)10-5-7(13)3-4-9(10)14/h3-6H,2H2,1H3. The molecule has 0 radical (unpaired) electrons. The van der Waals surface area contributed by atoms with E-state index in [1.54, 1.807) is 22.9 Å². The normalized spacial score (nSPS) is 11.0. The Morgan fingerprint density at radius 2 is 2.05 bits per heavy atom. The molecule has 2 heterocycles. The minimum Gasteiger partial charge on any atom is -0.238 e. The van der Waals surface area contributed by atoms with Crippen molar-refractivity contribution in [2.45, 2.75) is 13.5 Å². The largest absolute Gasteiger partial charge is 0.238 e. The van der Waals surface area contributed by atoms with Crippen LogP contribution in [-0.2, 0) is 6.54 Å². The third-order valence-corrected chi connectivity index (χ3v) is 4.15. The van der Waals surface area contributed by atoms with Crippen molar-refractivity contribution < 1.29 is 0 Å². The van der Waals surface area contributed by atoms with E-state index in [1.165, 1.54) is 4.80 Å². The van der Waals surface area contributed by atoms with Gasteiger partial charge in [-0.3, -0.25) is 0 Å². The summed E-state index contributed by atoms with van der Waals surface area (Å²) in [5, 5.41) is 17.9. The summed E-state index contributed by atoms with van der Waals surface area (Å²) in [6.07, 6.45) is 1.82. The number of nitrogens with zero attached hydrogens (tertiary/aromatic N) is 6. The first-order chi connectivity index (χ1) is 10.1. The molecule has 1 aromatic carbocycles. The first kappa shape index (κ1) is 14.7. The second kappa shape index (κ2) is 5.90. The summed E-state index contributed by atoms with van der Waals surface area (Å²) in [6.45, 7) is 2.61. The highest BCUT2D eigenvalue weighted by Crippen LogP contribution is 2.27. The summed E-state index contributed by atoms with van der Waals surface area (Å²) in [7, 11) is 0. The molecule has 0 unspecified atom stereocenters. The Bertz CT molecular complexity index is 797. The maximum atomic E-state index is 6.20. The Balaban J connectivity index is 2.07. The van der Waals surface area contributed by atoms with Crippen molar-refractivity contribution in [3.63, 3.8) is 0 Å². The topological polar surface area (TPSA) is 61.4 Å². The number of aryl methyl sites for hydroxylation is 1. The number of hydrogen-bond donors (Lipinski definition) is 0. The average Bonchev–Trinajstić information content (AvgIpc) is 3.07. The van der Waals surface area contributed by atoms with Gasteiger partial charge < -0.3 is 0 Å². The number of halogens is 3. The first-order valence-electron chi connectivity index (χ1n) is 6.07. The van der Waals surface area contributed by atoms with Gasteiger partial charge in [0.15, 0.2) is 0 Å². The third kappa shape index (κ3) is 2.90. The van der Waals surface area contributed by atoms with Gasteiger partial charge in [-0.05, 0) is 52.9 Å². The van der Waals surface area contributed by atoms with Crippen molar-refractivity contribution in [2.75, 3.05) is 0 Å². The Morgan fingerprint density at radius 3 is 2.76 bits per heavy atom.